The first kappa shape index (κ1) is 19.8. The van der Waals surface area contributed by atoms with Gasteiger partial charge in [-0.15, -0.1) is 5.10 Å². The third-order valence-corrected chi connectivity index (χ3v) is 5.92. The standard InChI is InChI=1S/C21H20N6O2S/c1-14-18(20(29)27(25(14)3)17-12-8-5-9-13-17)26-21(22-23-24-26)30-15(2)19(28)16-10-6-4-7-11-16/h4-13,15H,1-3H3. The predicted molar refractivity (Wildman–Crippen MR) is 115 cm³/mol. The lowest BCUT2D eigenvalue weighted by molar-refractivity contribution is 0.0994. The average molecular weight is 420 g/mol. The zero-order chi connectivity index (χ0) is 21.3. The van der Waals surface area contributed by atoms with Crippen molar-refractivity contribution in [1.29, 1.82) is 0 Å². The summed E-state index contributed by atoms with van der Waals surface area (Å²) in [6.45, 7) is 3.64. The van der Waals surface area contributed by atoms with E-state index in [1.807, 2.05) is 62.5 Å². The van der Waals surface area contributed by atoms with Crippen molar-refractivity contribution in [2.75, 3.05) is 0 Å². The zero-order valence-corrected chi connectivity index (χ0v) is 17.6. The van der Waals surface area contributed by atoms with Gasteiger partial charge in [-0.3, -0.25) is 14.3 Å². The fraction of sp³-hybridized carbons (Fsp3) is 0.190. The van der Waals surface area contributed by atoms with Gasteiger partial charge in [-0.25, -0.2) is 4.68 Å². The summed E-state index contributed by atoms with van der Waals surface area (Å²) in [6.07, 6.45) is 0. The molecule has 0 bridgehead atoms. The number of thioether (sulfide) groups is 1. The highest BCUT2D eigenvalue weighted by Crippen LogP contribution is 2.25. The molecule has 9 heteroatoms. The molecular weight excluding hydrogens is 400 g/mol. The smallest absolute Gasteiger partial charge is 0.293 e. The summed E-state index contributed by atoms with van der Waals surface area (Å²) < 4.78 is 4.75. The van der Waals surface area contributed by atoms with Crippen molar-refractivity contribution in [3.05, 3.63) is 82.3 Å². The van der Waals surface area contributed by atoms with E-state index in [0.717, 1.165) is 5.69 Å². The number of carbonyl (C=O) groups is 1. The van der Waals surface area contributed by atoms with Crippen LogP contribution in [-0.2, 0) is 7.05 Å². The van der Waals surface area contributed by atoms with Crippen molar-refractivity contribution in [1.82, 2.24) is 29.6 Å². The van der Waals surface area contributed by atoms with Gasteiger partial charge in [0.05, 0.1) is 16.6 Å². The number of ketones is 1. The van der Waals surface area contributed by atoms with Gasteiger partial charge in [-0.1, -0.05) is 60.3 Å². The number of rotatable bonds is 6. The highest BCUT2D eigenvalue weighted by Gasteiger charge is 2.25. The normalized spacial score (nSPS) is 12.1. The molecule has 0 fully saturated rings. The fourth-order valence-corrected chi connectivity index (χ4v) is 4.11. The van der Waals surface area contributed by atoms with E-state index in [1.54, 1.807) is 28.4 Å². The third kappa shape index (κ3) is 3.48. The van der Waals surface area contributed by atoms with Gasteiger partial charge in [0.1, 0.15) is 0 Å². The minimum Gasteiger partial charge on any atom is -0.293 e. The molecule has 0 spiro atoms. The molecule has 0 N–H and O–H groups in total. The first-order valence-electron chi connectivity index (χ1n) is 9.37. The minimum absolute atomic E-state index is 0.0263. The van der Waals surface area contributed by atoms with Crippen LogP contribution in [0.3, 0.4) is 0 Å². The molecule has 0 radical (unpaired) electrons. The second-order valence-electron chi connectivity index (χ2n) is 6.77. The van der Waals surface area contributed by atoms with E-state index < -0.39 is 5.25 Å². The maximum Gasteiger partial charge on any atom is 0.297 e. The van der Waals surface area contributed by atoms with Crippen molar-refractivity contribution in [3.63, 3.8) is 0 Å². The van der Waals surface area contributed by atoms with Crippen LogP contribution in [0.1, 0.15) is 23.0 Å². The summed E-state index contributed by atoms with van der Waals surface area (Å²) in [5.41, 5.74) is 2.19. The maximum absolute atomic E-state index is 13.3. The molecule has 2 aromatic heterocycles. The van der Waals surface area contributed by atoms with Gasteiger partial charge >= 0.3 is 0 Å². The van der Waals surface area contributed by atoms with Crippen LogP contribution in [0.15, 0.2) is 70.6 Å². The lowest BCUT2D eigenvalue weighted by Crippen LogP contribution is -2.22. The van der Waals surface area contributed by atoms with Crippen LogP contribution in [0.5, 0.6) is 0 Å². The largest absolute Gasteiger partial charge is 0.297 e. The average Bonchev–Trinajstić information content (AvgIpc) is 3.30. The Bertz CT molecular complexity index is 1240. The molecule has 1 atom stereocenters. The Morgan fingerprint density at radius 2 is 1.67 bits per heavy atom. The van der Waals surface area contributed by atoms with Crippen LogP contribution < -0.4 is 5.56 Å². The number of benzene rings is 2. The molecule has 1 unspecified atom stereocenters. The molecule has 0 saturated heterocycles. The molecule has 4 aromatic rings. The molecule has 152 valence electrons. The lowest BCUT2D eigenvalue weighted by atomic mass is 10.1. The molecule has 0 saturated carbocycles. The van der Waals surface area contributed by atoms with E-state index in [4.69, 9.17) is 0 Å². The van der Waals surface area contributed by atoms with Crippen LogP contribution in [0.4, 0.5) is 0 Å². The highest BCUT2D eigenvalue weighted by atomic mass is 32.2. The molecule has 0 amide bonds. The first-order chi connectivity index (χ1) is 14.5. The van der Waals surface area contributed by atoms with Crippen LogP contribution in [0.2, 0.25) is 0 Å². The fourth-order valence-electron chi connectivity index (χ4n) is 3.24. The Balaban J connectivity index is 1.71. The van der Waals surface area contributed by atoms with Gasteiger partial charge in [0.15, 0.2) is 11.5 Å². The molecule has 0 aliphatic carbocycles. The van der Waals surface area contributed by atoms with Gasteiger partial charge in [0.25, 0.3) is 5.56 Å². The van der Waals surface area contributed by atoms with Crippen molar-refractivity contribution in [2.45, 2.75) is 24.3 Å². The second-order valence-corrected chi connectivity index (χ2v) is 8.08. The Morgan fingerprint density at radius 3 is 2.33 bits per heavy atom. The maximum atomic E-state index is 13.3. The Labute approximate surface area is 177 Å². The number of tetrazole rings is 1. The van der Waals surface area contributed by atoms with E-state index in [2.05, 4.69) is 15.5 Å². The van der Waals surface area contributed by atoms with Gasteiger partial charge in [-0.2, -0.15) is 4.68 Å². The Hall–Kier alpha value is -3.46. The highest BCUT2D eigenvalue weighted by molar-refractivity contribution is 8.00. The number of nitrogens with zero attached hydrogens (tertiary/aromatic N) is 6. The lowest BCUT2D eigenvalue weighted by Gasteiger charge is -2.09. The van der Waals surface area contributed by atoms with Crippen molar-refractivity contribution < 1.29 is 4.79 Å². The first-order valence-corrected chi connectivity index (χ1v) is 10.3. The van der Waals surface area contributed by atoms with E-state index in [-0.39, 0.29) is 11.3 Å². The van der Waals surface area contributed by atoms with Crippen LogP contribution in [0.25, 0.3) is 11.4 Å². The molecule has 0 aliphatic rings. The van der Waals surface area contributed by atoms with Crippen molar-refractivity contribution in [2.24, 2.45) is 7.05 Å². The van der Waals surface area contributed by atoms with Gasteiger partial charge in [0, 0.05) is 12.6 Å². The summed E-state index contributed by atoms with van der Waals surface area (Å²) in [4.78, 5) is 26.0. The van der Waals surface area contributed by atoms with E-state index in [9.17, 15) is 9.59 Å². The number of aromatic nitrogens is 6. The predicted octanol–water partition coefficient (Wildman–Crippen LogP) is 2.82. The van der Waals surface area contributed by atoms with E-state index in [0.29, 0.717) is 22.1 Å². The van der Waals surface area contributed by atoms with Gasteiger partial charge in [-0.05, 0) is 36.4 Å². The van der Waals surface area contributed by atoms with Crippen LogP contribution in [-0.4, -0.2) is 40.6 Å². The number of hydrogen-bond donors (Lipinski definition) is 0. The van der Waals surface area contributed by atoms with Crippen molar-refractivity contribution >= 4 is 17.5 Å². The van der Waals surface area contributed by atoms with Crippen LogP contribution in [0, 0.1) is 6.92 Å². The number of para-hydroxylation sites is 1. The monoisotopic (exact) mass is 420 g/mol. The molecule has 0 aliphatic heterocycles. The molecule has 2 heterocycles. The molecule has 30 heavy (non-hydrogen) atoms. The zero-order valence-electron chi connectivity index (χ0n) is 16.8. The summed E-state index contributed by atoms with van der Waals surface area (Å²) in [5.74, 6) is -0.0263. The second kappa shape index (κ2) is 8.11. The summed E-state index contributed by atoms with van der Waals surface area (Å²) in [7, 11) is 1.81. The molecule has 2 aromatic carbocycles. The number of Topliss-reactive ketones (excluding diaryl/α,β-unsaturated/α-hetero) is 1. The van der Waals surface area contributed by atoms with Gasteiger partial charge in [0.2, 0.25) is 5.16 Å². The number of carbonyl (C=O) groups excluding carboxylic acids is 1. The Kier molecular flexibility index (Phi) is 5.37. The van der Waals surface area contributed by atoms with E-state index in [1.165, 1.54) is 16.4 Å². The van der Waals surface area contributed by atoms with E-state index >= 15 is 0 Å². The summed E-state index contributed by atoms with van der Waals surface area (Å²) in [5, 5.41) is 11.8. The number of hydrogen-bond acceptors (Lipinski definition) is 6. The third-order valence-electron chi connectivity index (χ3n) is 4.89. The topological polar surface area (TPSA) is 87.6 Å². The molecule has 4 rings (SSSR count). The SMILES string of the molecule is Cc1c(-n2nnnc2SC(C)C(=O)c2ccccc2)c(=O)n(-c2ccccc2)n1C. The van der Waals surface area contributed by atoms with Crippen molar-refractivity contribution in [3.8, 4) is 11.4 Å². The molecular formula is C21H20N6O2S. The summed E-state index contributed by atoms with van der Waals surface area (Å²) >= 11 is 1.22. The Morgan fingerprint density at radius 1 is 1.03 bits per heavy atom. The molecule has 8 nitrogen and oxygen atoms in total. The minimum atomic E-state index is -0.419. The van der Waals surface area contributed by atoms with Crippen LogP contribution >= 0.6 is 11.8 Å². The quantitative estimate of drug-likeness (QED) is 0.352. The summed E-state index contributed by atoms with van der Waals surface area (Å²) in [6, 6.07) is 18.4. The van der Waals surface area contributed by atoms with Gasteiger partial charge < -0.3 is 0 Å².